The molecule has 0 radical (unpaired) electrons. The fourth-order valence-corrected chi connectivity index (χ4v) is 1.96. The van der Waals surface area contributed by atoms with Crippen LogP contribution in [0.5, 0.6) is 0 Å². The molecule has 0 amide bonds. The van der Waals surface area contributed by atoms with Crippen molar-refractivity contribution in [3.63, 3.8) is 0 Å². The summed E-state index contributed by atoms with van der Waals surface area (Å²) in [5, 5.41) is 0.554. The van der Waals surface area contributed by atoms with Gasteiger partial charge in [-0.15, -0.1) is 0 Å². The van der Waals surface area contributed by atoms with Crippen molar-refractivity contribution in [2.75, 3.05) is 5.73 Å². The van der Waals surface area contributed by atoms with Gasteiger partial charge in [0.2, 0.25) is 5.78 Å². The van der Waals surface area contributed by atoms with E-state index in [1.54, 1.807) is 24.3 Å². The van der Waals surface area contributed by atoms with Gasteiger partial charge in [-0.2, -0.15) is 0 Å². The highest BCUT2D eigenvalue weighted by Gasteiger charge is 2.16. The smallest absolute Gasteiger partial charge is 0.230 e. The lowest BCUT2D eigenvalue weighted by molar-refractivity contribution is 0.101. The first-order chi connectivity index (χ1) is 9.15. The Hall–Kier alpha value is -2.62. The molecule has 0 fully saturated rings. The maximum Gasteiger partial charge on any atom is 0.230 e. The Morgan fingerprint density at radius 2 is 1.89 bits per heavy atom. The molecule has 0 atom stereocenters. The van der Waals surface area contributed by atoms with Crippen LogP contribution in [-0.4, -0.2) is 5.78 Å². The van der Waals surface area contributed by atoms with Crippen LogP contribution in [0.15, 0.2) is 52.9 Å². The quantitative estimate of drug-likeness (QED) is 0.564. The predicted molar refractivity (Wildman–Crippen MR) is 70.5 cm³/mol. The van der Waals surface area contributed by atoms with Gasteiger partial charge in [0.1, 0.15) is 11.4 Å². The largest absolute Gasteiger partial charge is 0.453 e. The Balaban J connectivity index is 2.09. The molecular weight excluding hydrogens is 245 g/mol. The molecule has 4 heteroatoms. The molecule has 3 nitrogen and oxygen atoms in total. The number of hydrogen-bond donors (Lipinski definition) is 1. The van der Waals surface area contributed by atoms with Crippen LogP contribution >= 0.6 is 0 Å². The molecule has 3 rings (SSSR count). The van der Waals surface area contributed by atoms with Crippen molar-refractivity contribution in [1.82, 2.24) is 0 Å². The van der Waals surface area contributed by atoms with Crippen molar-refractivity contribution in [2.45, 2.75) is 0 Å². The summed E-state index contributed by atoms with van der Waals surface area (Å²) in [6.45, 7) is 0. The van der Waals surface area contributed by atoms with E-state index in [-0.39, 0.29) is 17.4 Å². The van der Waals surface area contributed by atoms with Gasteiger partial charge in [-0.05, 0) is 36.4 Å². The van der Waals surface area contributed by atoms with E-state index in [1.165, 1.54) is 24.3 Å². The SMILES string of the molecule is Nc1ccccc1C(=O)c1cc2cc(F)ccc2o1. The van der Waals surface area contributed by atoms with Gasteiger partial charge < -0.3 is 10.2 Å². The topological polar surface area (TPSA) is 56.2 Å². The summed E-state index contributed by atoms with van der Waals surface area (Å²) in [6, 6.07) is 12.4. The van der Waals surface area contributed by atoms with E-state index in [1.807, 2.05) is 0 Å². The molecule has 0 spiro atoms. The molecule has 19 heavy (non-hydrogen) atoms. The summed E-state index contributed by atoms with van der Waals surface area (Å²) >= 11 is 0. The lowest BCUT2D eigenvalue weighted by Crippen LogP contribution is -2.03. The summed E-state index contributed by atoms with van der Waals surface area (Å²) in [6.07, 6.45) is 0. The van der Waals surface area contributed by atoms with Crippen molar-refractivity contribution < 1.29 is 13.6 Å². The maximum absolute atomic E-state index is 13.1. The second-order valence-electron chi connectivity index (χ2n) is 4.21. The average Bonchev–Trinajstić information content (AvgIpc) is 2.81. The first-order valence-electron chi connectivity index (χ1n) is 5.73. The number of fused-ring (bicyclic) bond motifs is 1. The molecule has 0 saturated heterocycles. The number of carbonyl (C=O) groups is 1. The van der Waals surface area contributed by atoms with E-state index in [4.69, 9.17) is 10.2 Å². The fraction of sp³-hybridized carbons (Fsp3) is 0. The zero-order valence-corrected chi connectivity index (χ0v) is 9.89. The lowest BCUT2D eigenvalue weighted by atomic mass is 10.1. The van der Waals surface area contributed by atoms with Crippen LogP contribution in [-0.2, 0) is 0 Å². The van der Waals surface area contributed by atoms with E-state index in [2.05, 4.69) is 0 Å². The van der Waals surface area contributed by atoms with Gasteiger partial charge in [0, 0.05) is 16.6 Å². The molecule has 1 heterocycles. The summed E-state index contributed by atoms with van der Waals surface area (Å²) in [5.74, 6) is -0.528. The standard InChI is InChI=1S/C15H10FNO2/c16-10-5-6-13-9(7-10)8-14(19-13)15(18)11-3-1-2-4-12(11)17/h1-8H,17H2. The van der Waals surface area contributed by atoms with Crippen LogP contribution in [0.1, 0.15) is 16.1 Å². The van der Waals surface area contributed by atoms with Gasteiger partial charge in [-0.25, -0.2) is 4.39 Å². The minimum absolute atomic E-state index is 0.151. The molecule has 0 saturated carbocycles. The number of hydrogen-bond acceptors (Lipinski definition) is 3. The average molecular weight is 255 g/mol. The van der Waals surface area contributed by atoms with Crippen LogP contribution in [0, 0.1) is 5.82 Å². The Bertz CT molecular complexity index is 777. The van der Waals surface area contributed by atoms with Gasteiger partial charge in [0.25, 0.3) is 0 Å². The van der Waals surface area contributed by atoms with Crippen molar-refractivity contribution >= 4 is 22.4 Å². The van der Waals surface area contributed by atoms with Gasteiger partial charge in [-0.3, -0.25) is 4.79 Å². The minimum atomic E-state index is -0.369. The van der Waals surface area contributed by atoms with E-state index in [0.29, 0.717) is 22.2 Å². The highest BCUT2D eigenvalue weighted by molar-refractivity contribution is 6.11. The number of furan rings is 1. The summed E-state index contributed by atoms with van der Waals surface area (Å²) in [5.41, 5.74) is 6.99. The molecule has 0 unspecified atom stereocenters. The van der Waals surface area contributed by atoms with Crippen molar-refractivity contribution in [1.29, 1.82) is 0 Å². The van der Waals surface area contributed by atoms with E-state index in [0.717, 1.165) is 0 Å². The van der Waals surface area contributed by atoms with E-state index >= 15 is 0 Å². The highest BCUT2D eigenvalue weighted by atomic mass is 19.1. The van der Waals surface area contributed by atoms with Crippen LogP contribution in [0.4, 0.5) is 10.1 Å². The number of benzene rings is 2. The number of para-hydroxylation sites is 1. The molecular formula is C15H10FNO2. The highest BCUT2D eigenvalue weighted by Crippen LogP contribution is 2.24. The summed E-state index contributed by atoms with van der Waals surface area (Å²) in [4.78, 5) is 12.3. The number of ketones is 1. The molecule has 0 aliphatic carbocycles. The van der Waals surface area contributed by atoms with E-state index < -0.39 is 0 Å². The first-order valence-corrected chi connectivity index (χ1v) is 5.73. The molecule has 0 aliphatic heterocycles. The second kappa shape index (κ2) is 4.24. The molecule has 2 N–H and O–H groups in total. The number of rotatable bonds is 2. The van der Waals surface area contributed by atoms with Crippen LogP contribution in [0.25, 0.3) is 11.0 Å². The molecule has 3 aromatic rings. The van der Waals surface area contributed by atoms with Gasteiger partial charge >= 0.3 is 0 Å². The van der Waals surface area contributed by atoms with Crippen molar-refractivity contribution in [3.05, 3.63) is 65.7 Å². The Kier molecular flexibility index (Phi) is 2.56. The normalized spacial score (nSPS) is 10.8. The lowest BCUT2D eigenvalue weighted by Gasteiger charge is -2.01. The molecule has 0 aliphatic rings. The Labute approximate surface area is 108 Å². The third-order valence-corrected chi connectivity index (χ3v) is 2.91. The second-order valence-corrected chi connectivity index (χ2v) is 4.21. The third-order valence-electron chi connectivity index (χ3n) is 2.91. The monoisotopic (exact) mass is 255 g/mol. The van der Waals surface area contributed by atoms with Gasteiger partial charge in [0.05, 0.1) is 0 Å². The third kappa shape index (κ3) is 1.97. The van der Waals surface area contributed by atoms with Crippen LogP contribution < -0.4 is 5.73 Å². The Morgan fingerprint density at radius 3 is 2.68 bits per heavy atom. The maximum atomic E-state index is 13.1. The van der Waals surface area contributed by atoms with E-state index in [9.17, 15) is 9.18 Å². The molecule has 0 bridgehead atoms. The van der Waals surface area contributed by atoms with Gasteiger partial charge in [0.15, 0.2) is 5.76 Å². The zero-order chi connectivity index (χ0) is 13.4. The minimum Gasteiger partial charge on any atom is -0.453 e. The first kappa shape index (κ1) is 11.5. The number of carbonyl (C=O) groups excluding carboxylic acids is 1. The Morgan fingerprint density at radius 1 is 1.11 bits per heavy atom. The number of nitrogen functional groups attached to an aromatic ring is 1. The van der Waals surface area contributed by atoms with Crippen LogP contribution in [0.3, 0.4) is 0 Å². The van der Waals surface area contributed by atoms with Crippen molar-refractivity contribution in [2.24, 2.45) is 0 Å². The van der Waals surface area contributed by atoms with Gasteiger partial charge in [-0.1, -0.05) is 12.1 Å². The van der Waals surface area contributed by atoms with Crippen molar-refractivity contribution in [3.8, 4) is 0 Å². The summed E-state index contributed by atoms with van der Waals surface area (Å²) < 4.78 is 18.5. The number of anilines is 1. The summed E-state index contributed by atoms with van der Waals surface area (Å²) in [7, 11) is 0. The zero-order valence-electron chi connectivity index (χ0n) is 9.89. The fourth-order valence-electron chi connectivity index (χ4n) is 1.96. The number of nitrogens with two attached hydrogens (primary N) is 1. The molecule has 1 aromatic heterocycles. The predicted octanol–water partition coefficient (Wildman–Crippen LogP) is 3.39. The number of halogens is 1. The molecule has 94 valence electrons. The van der Waals surface area contributed by atoms with Crippen LogP contribution in [0.2, 0.25) is 0 Å². The molecule has 2 aromatic carbocycles.